The van der Waals surface area contributed by atoms with E-state index in [4.69, 9.17) is 33.4 Å². The number of guanidine groups is 2. The molecule has 0 unspecified atom stereocenters. The van der Waals surface area contributed by atoms with Gasteiger partial charge in [-0.3, -0.25) is 4.55 Å². The third-order valence-corrected chi connectivity index (χ3v) is 3.98. The van der Waals surface area contributed by atoms with Gasteiger partial charge in [0.25, 0.3) is 10.1 Å². The van der Waals surface area contributed by atoms with E-state index < -0.39 is 27.8 Å². The molecule has 0 aliphatic carbocycles. The maximum atomic E-state index is 12.5. The van der Waals surface area contributed by atoms with Gasteiger partial charge in [-0.1, -0.05) is 29.8 Å². The number of aliphatic imine (C=N–C) groups is 2. The highest BCUT2D eigenvalue weighted by Crippen LogP contribution is 2.34. The molecule has 0 fully saturated rings. The summed E-state index contributed by atoms with van der Waals surface area (Å²) in [6.45, 7) is 0. The van der Waals surface area contributed by atoms with Crippen LogP contribution in [0.5, 0.6) is 0 Å². The molecular weight excluding hydrogens is 423 g/mol. The van der Waals surface area contributed by atoms with E-state index in [1.165, 1.54) is 12.1 Å². The maximum absolute atomic E-state index is 12.5. The van der Waals surface area contributed by atoms with Gasteiger partial charge in [0.05, 0.1) is 21.2 Å². The lowest BCUT2D eigenvalue weighted by atomic mass is 10.2. The molecule has 2 rings (SSSR count). The normalized spacial score (nSPS) is 12.0. The summed E-state index contributed by atoms with van der Waals surface area (Å²) in [5.41, 5.74) is 14.3. The van der Waals surface area contributed by atoms with Crippen LogP contribution in [0.15, 0.2) is 63.4 Å². The molecule has 0 aliphatic rings. The first-order chi connectivity index (χ1) is 12.8. The molecule has 7 N–H and O–H groups in total. The van der Waals surface area contributed by atoms with E-state index in [0.717, 1.165) is 18.2 Å². The fraction of sp³-hybridized carbons (Fsp3) is 0.0667. The average Bonchev–Trinajstić information content (AvgIpc) is 2.56. The lowest BCUT2D eigenvalue weighted by Crippen LogP contribution is -2.26. The molecule has 0 saturated heterocycles. The number of halogens is 4. The monoisotopic (exact) mass is 437 g/mol. The highest BCUT2D eigenvalue weighted by molar-refractivity contribution is 7.85. The number of alkyl halides is 3. The Morgan fingerprint density at radius 3 is 2.04 bits per heavy atom. The fourth-order valence-corrected chi connectivity index (χ4v) is 2.31. The molecule has 2 aromatic carbocycles. The predicted octanol–water partition coefficient (Wildman–Crippen LogP) is 2.51. The molecule has 0 amide bonds. The number of benzene rings is 2. The Morgan fingerprint density at radius 2 is 1.61 bits per heavy atom. The molecule has 2 aromatic rings. The van der Waals surface area contributed by atoms with Crippen LogP contribution in [0, 0.1) is 0 Å². The number of hydrogen-bond acceptors (Lipinski definition) is 3. The second-order valence-corrected chi connectivity index (χ2v) is 6.79. The summed E-state index contributed by atoms with van der Waals surface area (Å²) in [6, 6.07) is 10.1. The fourth-order valence-electron chi connectivity index (χ4n) is 1.65. The van der Waals surface area contributed by atoms with E-state index in [9.17, 15) is 21.6 Å². The van der Waals surface area contributed by atoms with Gasteiger partial charge in [-0.25, -0.2) is 4.99 Å². The molecule has 0 heterocycles. The summed E-state index contributed by atoms with van der Waals surface area (Å²) in [5.74, 6) is -0.754. The zero-order valence-corrected chi connectivity index (χ0v) is 15.5. The molecule has 0 aliphatic heterocycles. The molecular formula is C15H15ClF3N5O3S. The van der Waals surface area contributed by atoms with Crippen LogP contribution in [0.3, 0.4) is 0 Å². The molecule has 8 nitrogen and oxygen atoms in total. The summed E-state index contributed by atoms with van der Waals surface area (Å²) in [4.78, 5) is 6.88. The third kappa shape index (κ3) is 7.82. The van der Waals surface area contributed by atoms with Crippen molar-refractivity contribution >= 4 is 39.3 Å². The van der Waals surface area contributed by atoms with E-state index in [-0.39, 0.29) is 21.6 Å². The van der Waals surface area contributed by atoms with Gasteiger partial charge in [-0.15, -0.1) is 0 Å². The van der Waals surface area contributed by atoms with Crippen molar-refractivity contribution in [2.45, 2.75) is 11.1 Å². The van der Waals surface area contributed by atoms with Gasteiger partial charge in [0.1, 0.15) is 0 Å². The minimum absolute atomic E-state index is 0.00302. The van der Waals surface area contributed by atoms with Crippen LogP contribution in [0.4, 0.5) is 18.9 Å². The molecule has 0 radical (unpaired) electrons. The van der Waals surface area contributed by atoms with Gasteiger partial charge in [-0.05, 0) is 30.3 Å². The van der Waals surface area contributed by atoms with Crippen LogP contribution in [0.2, 0.25) is 5.02 Å². The van der Waals surface area contributed by atoms with Crippen LogP contribution < -0.4 is 17.2 Å². The SMILES string of the molecule is NC(N)=NC(N)=Nc1cc(C(F)(F)F)ccc1Cl.O=S(=O)(O)c1ccccc1. The Hall–Kier alpha value is -2.83. The van der Waals surface area contributed by atoms with E-state index in [1.54, 1.807) is 18.2 Å². The Morgan fingerprint density at radius 1 is 1.04 bits per heavy atom. The maximum Gasteiger partial charge on any atom is 0.416 e. The largest absolute Gasteiger partial charge is 0.416 e. The highest BCUT2D eigenvalue weighted by atomic mass is 35.5. The summed E-state index contributed by atoms with van der Waals surface area (Å²) >= 11 is 5.69. The van der Waals surface area contributed by atoms with Crippen molar-refractivity contribution in [2.24, 2.45) is 27.2 Å². The van der Waals surface area contributed by atoms with Crippen LogP contribution in [-0.2, 0) is 16.3 Å². The minimum atomic E-state index is -4.50. The molecule has 28 heavy (non-hydrogen) atoms. The zero-order valence-electron chi connectivity index (χ0n) is 13.9. The van der Waals surface area contributed by atoms with Gasteiger partial charge < -0.3 is 17.2 Å². The van der Waals surface area contributed by atoms with Gasteiger partial charge in [0.2, 0.25) is 5.96 Å². The molecule has 13 heteroatoms. The first-order valence-corrected chi connectivity index (χ1v) is 8.95. The first-order valence-electron chi connectivity index (χ1n) is 7.14. The second kappa shape index (κ2) is 9.39. The quantitative estimate of drug-likeness (QED) is 0.321. The van der Waals surface area contributed by atoms with Crippen LogP contribution in [0.1, 0.15) is 5.56 Å². The highest BCUT2D eigenvalue weighted by Gasteiger charge is 2.30. The van der Waals surface area contributed by atoms with Crippen molar-refractivity contribution < 1.29 is 26.1 Å². The van der Waals surface area contributed by atoms with Crippen molar-refractivity contribution in [3.63, 3.8) is 0 Å². The first kappa shape index (κ1) is 23.2. The van der Waals surface area contributed by atoms with E-state index in [2.05, 4.69) is 9.98 Å². The van der Waals surface area contributed by atoms with Crippen molar-refractivity contribution in [1.29, 1.82) is 0 Å². The van der Waals surface area contributed by atoms with Crippen LogP contribution in [0.25, 0.3) is 0 Å². The van der Waals surface area contributed by atoms with Gasteiger partial charge >= 0.3 is 6.18 Å². The topological polar surface area (TPSA) is 157 Å². The molecule has 0 atom stereocenters. The summed E-state index contributed by atoms with van der Waals surface area (Å²) in [7, 11) is -4.00. The number of nitrogens with zero attached hydrogens (tertiary/aromatic N) is 2. The molecule has 0 aromatic heterocycles. The van der Waals surface area contributed by atoms with Gasteiger partial charge in [0, 0.05) is 0 Å². The van der Waals surface area contributed by atoms with Crippen molar-refractivity contribution in [1.82, 2.24) is 0 Å². The molecule has 0 bridgehead atoms. The van der Waals surface area contributed by atoms with Gasteiger partial charge in [0.15, 0.2) is 5.96 Å². The molecule has 0 spiro atoms. The summed E-state index contributed by atoms with van der Waals surface area (Å²) in [6.07, 6.45) is -4.50. The Balaban J connectivity index is 0.000000330. The third-order valence-electron chi connectivity index (χ3n) is 2.79. The second-order valence-electron chi connectivity index (χ2n) is 4.96. The van der Waals surface area contributed by atoms with E-state index >= 15 is 0 Å². The predicted molar refractivity (Wildman–Crippen MR) is 99.8 cm³/mol. The van der Waals surface area contributed by atoms with Gasteiger partial charge in [-0.2, -0.15) is 26.6 Å². The standard InChI is InChI=1S/C9H9ClF3N5.C6H6O3S/c10-5-2-1-4(9(11,12)13)3-6(5)17-8(16)18-7(14)15;7-10(8,9)6-4-2-1-3-5-6/h1-3H,(H6,14,15,16,17,18);1-5H,(H,7,8,9). The zero-order chi connectivity index (χ0) is 21.5. The summed E-state index contributed by atoms with van der Waals surface area (Å²) < 4.78 is 66.6. The van der Waals surface area contributed by atoms with E-state index in [1.807, 2.05) is 0 Å². The van der Waals surface area contributed by atoms with Crippen LogP contribution >= 0.6 is 11.6 Å². The molecule has 152 valence electrons. The lowest BCUT2D eigenvalue weighted by molar-refractivity contribution is -0.137. The smallest absolute Gasteiger partial charge is 0.370 e. The van der Waals surface area contributed by atoms with Crippen LogP contribution in [-0.4, -0.2) is 24.9 Å². The minimum Gasteiger partial charge on any atom is -0.370 e. The Kier molecular flexibility index (Phi) is 7.78. The number of hydrogen-bond donors (Lipinski definition) is 4. The Bertz CT molecular complexity index is 976. The van der Waals surface area contributed by atoms with Crippen molar-refractivity contribution in [3.05, 3.63) is 59.1 Å². The summed E-state index contributed by atoms with van der Waals surface area (Å²) in [5, 5.41) is -0.00302. The Labute approximate surface area is 163 Å². The van der Waals surface area contributed by atoms with Crippen molar-refractivity contribution in [3.8, 4) is 0 Å². The van der Waals surface area contributed by atoms with Crippen molar-refractivity contribution in [2.75, 3.05) is 0 Å². The van der Waals surface area contributed by atoms with E-state index in [0.29, 0.717) is 0 Å². The number of nitrogens with two attached hydrogens (primary N) is 3. The average molecular weight is 438 g/mol. The molecule has 0 saturated carbocycles. The lowest BCUT2D eigenvalue weighted by Gasteiger charge is -2.08. The number of rotatable bonds is 2.